The first kappa shape index (κ1) is 33.2. The van der Waals surface area contributed by atoms with Crippen LogP contribution < -0.4 is 4.90 Å². The number of benzene rings is 8. The Labute approximate surface area is 340 Å². The van der Waals surface area contributed by atoms with Gasteiger partial charge in [-0.25, -0.2) is 0 Å². The van der Waals surface area contributed by atoms with Crippen LogP contribution in [-0.2, 0) is 0 Å². The van der Waals surface area contributed by atoms with Gasteiger partial charge in [0.05, 0.1) is 11.1 Å². The molecule has 274 valence electrons. The number of nitrogens with zero attached hydrogens (tertiary/aromatic N) is 1. The number of anilines is 3. The second kappa shape index (κ2) is 13.3. The van der Waals surface area contributed by atoms with Crippen molar-refractivity contribution in [2.24, 2.45) is 0 Å². The fourth-order valence-corrected chi connectivity index (χ4v) is 10.7. The third kappa shape index (κ3) is 5.22. The zero-order valence-electron chi connectivity index (χ0n) is 31.4. The van der Waals surface area contributed by atoms with E-state index in [0.717, 1.165) is 72.1 Å². The lowest BCUT2D eigenvalue weighted by atomic mass is 9.85. The van der Waals surface area contributed by atoms with E-state index in [0.29, 0.717) is 11.2 Å². The van der Waals surface area contributed by atoms with Crippen molar-refractivity contribution >= 4 is 78.3 Å². The number of thioether (sulfide) groups is 1. The third-order valence-corrected chi connectivity index (χ3v) is 13.3. The van der Waals surface area contributed by atoms with E-state index in [1.165, 1.54) is 32.7 Å². The molecular weight excluding hydrogens is 727 g/mol. The van der Waals surface area contributed by atoms with Gasteiger partial charge in [-0.15, -0.1) is 11.8 Å². The molecule has 1 aliphatic heterocycles. The molecule has 0 fully saturated rings. The van der Waals surface area contributed by atoms with E-state index >= 15 is 0 Å². The molecule has 0 saturated heterocycles. The summed E-state index contributed by atoms with van der Waals surface area (Å²) in [6, 6.07) is 64.9. The lowest BCUT2D eigenvalue weighted by molar-refractivity contribution is 0.664. The van der Waals surface area contributed by atoms with Crippen molar-refractivity contribution in [2.45, 2.75) is 16.1 Å². The van der Waals surface area contributed by atoms with Gasteiger partial charge >= 0.3 is 0 Å². The maximum Gasteiger partial charge on any atom is 0.144 e. The molecule has 0 bridgehead atoms. The van der Waals surface area contributed by atoms with Gasteiger partial charge < -0.3 is 13.7 Å². The third-order valence-electron chi connectivity index (χ3n) is 11.9. The van der Waals surface area contributed by atoms with E-state index in [4.69, 9.17) is 8.83 Å². The summed E-state index contributed by atoms with van der Waals surface area (Å²) in [4.78, 5) is 3.76. The lowest BCUT2D eigenvalue weighted by Crippen LogP contribution is -2.14. The summed E-state index contributed by atoms with van der Waals surface area (Å²) >= 11 is 1.98. The van der Waals surface area contributed by atoms with Crippen LogP contribution in [0.15, 0.2) is 214 Å². The smallest absolute Gasteiger partial charge is 0.144 e. The quantitative estimate of drug-likeness (QED) is 0.169. The monoisotopic (exact) mass is 761 g/mol. The Bertz CT molecular complexity index is 3250. The van der Waals surface area contributed by atoms with Crippen LogP contribution in [0.4, 0.5) is 17.1 Å². The van der Waals surface area contributed by atoms with Crippen LogP contribution in [0.2, 0.25) is 0 Å². The van der Waals surface area contributed by atoms with Crippen LogP contribution >= 0.6 is 11.8 Å². The summed E-state index contributed by atoms with van der Waals surface area (Å²) in [7, 11) is 0. The molecule has 0 saturated carbocycles. The van der Waals surface area contributed by atoms with Crippen LogP contribution in [0.1, 0.15) is 17.0 Å². The summed E-state index contributed by atoms with van der Waals surface area (Å²) in [5.41, 5.74) is 15.1. The minimum Gasteiger partial charge on any atom is -0.456 e. The molecule has 0 N–H and O–H groups in total. The average Bonchev–Trinajstić information content (AvgIpc) is 3.98. The summed E-state index contributed by atoms with van der Waals surface area (Å²) in [5, 5.41) is 4.55. The second-order valence-electron chi connectivity index (χ2n) is 15.1. The number of allylic oxidation sites excluding steroid dienone is 3. The van der Waals surface area contributed by atoms with Gasteiger partial charge in [-0.3, -0.25) is 0 Å². The van der Waals surface area contributed by atoms with Gasteiger partial charge in [0.2, 0.25) is 0 Å². The van der Waals surface area contributed by atoms with Gasteiger partial charge in [0.15, 0.2) is 0 Å². The Morgan fingerprint density at radius 3 is 1.93 bits per heavy atom. The Morgan fingerprint density at radius 2 is 1.14 bits per heavy atom. The Hall–Kier alpha value is -7.01. The highest BCUT2D eigenvalue weighted by Gasteiger charge is 2.35. The molecule has 8 aromatic carbocycles. The molecule has 4 heteroatoms. The van der Waals surface area contributed by atoms with Crippen molar-refractivity contribution in [3.8, 4) is 22.3 Å². The van der Waals surface area contributed by atoms with Gasteiger partial charge in [0, 0.05) is 49.2 Å². The number of para-hydroxylation sites is 1. The van der Waals surface area contributed by atoms with Crippen LogP contribution in [0.3, 0.4) is 0 Å². The second-order valence-corrected chi connectivity index (χ2v) is 16.3. The van der Waals surface area contributed by atoms with Gasteiger partial charge in [0.1, 0.15) is 22.3 Å². The van der Waals surface area contributed by atoms with E-state index in [1.807, 2.05) is 23.9 Å². The summed E-state index contributed by atoms with van der Waals surface area (Å²) in [6.07, 6.45) is 6.90. The van der Waals surface area contributed by atoms with E-state index < -0.39 is 0 Å². The van der Waals surface area contributed by atoms with Crippen molar-refractivity contribution in [1.82, 2.24) is 0 Å². The standard InChI is InChI=1S/C54H35NO2S/c1-3-13-34(14-4-1)35-25-29-38(30-26-35)55(39-31-27-36(28-32-39)40-19-11-20-42-41-17-8-10-24-49(41)58-54(40)42)45-21-12-23-47-51(45)44-33-48-52(43-18-7-9-22-46(43)56-48)50(53(44)57-47)37-15-5-2-6-16-37/h1-33,42,54H. The predicted molar refractivity (Wildman–Crippen MR) is 242 cm³/mol. The van der Waals surface area contributed by atoms with Crippen LogP contribution in [-0.4, -0.2) is 5.25 Å². The molecule has 2 unspecified atom stereocenters. The molecule has 2 atom stereocenters. The van der Waals surface area contributed by atoms with Crippen molar-refractivity contribution in [2.75, 3.05) is 4.90 Å². The Kier molecular flexibility index (Phi) is 7.60. The molecule has 58 heavy (non-hydrogen) atoms. The normalized spacial score (nSPS) is 15.9. The fraction of sp³-hybridized carbons (Fsp3) is 0.0370. The average molecular weight is 762 g/mol. The number of rotatable bonds is 6. The first-order valence-corrected chi connectivity index (χ1v) is 20.7. The number of fused-ring (bicyclic) bond motifs is 9. The molecule has 1 aliphatic carbocycles. The summed E-state index contributed by atoms with van der Waals surface area (Å²) in [5.74, 6) is 0.381. The highest BCUT2D eigenvalue weighted by molar-refractivity contribution is 8.00. The molecule has 0 radical (unpaired) electrons. The van der Waals surface area contributed by atoms with E-state index in [1.54, 1.807) is 0 Å². The van der Waals surface area contributed by atoms with Gasteiger partial charge in [-0.1, -0.05) is 146 Å². The van der Waals surface area contributed by atoms with Gasteiger partial charge in [-0.2, -0.15) is 0 Å². The highest BCUT2D eigenvalue weighted by atomic mass is 32.2. The van der Waals surface area contributed by atoms with E-state index in [-0.39, 0.29) is 0 Å². The highest BCUT2D eigenvalue weighted by Crippen LogP contribution is 2.53. The van der Waals surface area contributed by atoms with Crippen LogP contribution in [0, 0.1) is 0 Å². The van der Waals surface area contributed by atoms with Crippen molar-refractivity contribution in [1.29, 1.82) is 0 Å². The molecule has 0 spiro atoms. The Morgan fingerprint density at radius 1 is 0.483 bits per heavy atom. The number of hydrogen-bond acceptors (Lipinski definition) is 4. The molecule has 0 amide bonds. The van der Waals surface area contributed by atoms with Crippen LogP contribution in [0.25, 0.3) is 71.7 Å². The molecular formula is C54H35NO2S. The van der Waals surface area contributed by atoms with Gasteiger partial charge in [-0.05, 0) is 88.0 Å². The zero-order valence-corrected chi connectivity index (χ0v) is 32.2. The van der Waals surface area contributed by atoms with E-state index in [9.17, 15) is 0 Å². The van der Waals surface area contributed by atoms with Crippen LogP contribution in [0.5, 0.6) is 0 Å². The van der Waals surface area contributed by atoms with Crippen molar-refractivity contribution < 1.29 is 8.83 Å². The number of hydrogen-bond donors (Lipinski definition) is 0. The molecule has 12 rings (SSSR count). The fourth-order valence-electron chi connectivity index (χ4n) is 9.21. The molecule has 10 aromatic rings. The first-order chi connectivity index (χ1) is 28.8. The topological polar surface area (TPSA) is 29.5 Å². The largest absolute Gasteiger partial charge is 0.456 e. The maximum atomic E-state index is 6.98. The minimum atomic E-state index is 0.356. The maximum absolute atomic E-state index is 6.98. The summed E-state index contributed by atoms with van der Waals surface area (Å²) in [6.45, 7) is 0. The Balaban J connectivity index is 1.05. The minimum absolute atomic E-state index is 0.356. The molecule has 2 aromatic heterocycles. The van der Waals surface area contributed by atoms with Crippen molar-refractivity contribution in [3.05, 3.63) is 211 Å². The van der Waals surface area contributed by atoms with Crippen molar-refractivity contribution in [3.63, 3.8) is 0 Å². The molecule has 2 aliphatic rings. The van der Waals surface area contributed by atoms with E-state index in [2.05, 4.69) is 193 Å². The zero-order chi connectivity index (χ0) is 38.2. The predicted octanol–water partition coefficient (Wildman–Crippen LogP) is 15.5. The van der Waals surface area contributed by atoms with Gasteiger partial charge in [0.25, 0.3) is 0 Å². The lowest BCUT2D eigenvalue weighted by Gasteiger charge is -2.27. The number of furan rings is 2. The SMILES string of the molecule is C1=CC2c3ccccc3SC2C(c2ccc(N(c3ccc(-c4ccccc4)cc3)c3cccc4oc5c(-c6ccccc6)c6c(cc5c34)oc3ccccc36)cc2)=C1. The first-order valence-electron chi connectivity index (χ1n) is 19.8. The molecule has 3 heterocycles. The summed E-state index contributed by atoms with van der Waals surface area (Å²) < 4.78 is 13.6. The molecule has 3 nitrogen and oxygen atoms in total.